The predicted octanol–water partition coefficient (Wildman–Crippen LogP) is 3.84. The standard InChI is InChI=1S/C18H17NO2/c1-20-17-8-7-13(10-18(17)21-2)9-15-12-19-11-14-5-3-4-6-16(14)15/h3-8,10-12H,9H2,1-2H3. The molecule has 0 fully saturated rings. The summed E-state index contributed by atoms with van der Waals surface area (Å²) in [6.45, 7) is 0. The first kappa shape index (κ1) is 13.4. The van der Waals surface area contributed by atoms with E-state index in [-0.39, 0.29) is 0 Å². The van der Waals surface area contributed by atoms with E-state index in [0.717, 1.165) is 23.3 Å². The Morgan fingerprint density at radius 1 is 0.905 bits per heavy atom. The first-order valence-electron chi connectivity index (χ1n) is 6.84. The highest BCUT2D eigenvalue weighted by Crippen LogP contribution is 2.29. The molecule has 0 saturated heterocycles. The van der Waals surface area contributed by atoms with Crippen molar-refractivity contribution in [1.29, 1.82) is 0 Å². The number of ether oxygens (including phenoxy) is 2. The van der Waals surface area contributed by atoms with Crippen LogP contribution in [0.5, 0.6) is 11.5 Å². The van der Waals surface area contributed by atoms with Gasteiger partial charge < -0.3 is 9.47 Å². The van der Waals surface area contributed by atoms with Gasteiger partial charge in [0.2, 0.25) is 0 Å². The number of benzene rings is 2. The van der Waals surface area contributed by atoms with Crippen molar-refractivity contribution in [2.75, 3.05) is 14.2 Å². The molecule has 2 aromatic carbocycles. The quantitative estimate of drug-likeness (QED) is 0.727. The molecule has 0 bridgehead atoms. The summed E-state index contributed by atoms with van der Waals surface area (Å²) in [5, 5.41) is 2.40. The van der Waals surface area contributed by atoms with Gasteiger partial charge in [-0.05, 0) is 35.1 Å². The summed E-state index contributed by atoms with van der Waals surface area (Å²) in [5.74, 6) is 1.50. The summed E-state index contributed by atoms with van der Waals surface area (Å²) in [7, 11) is 3.30. The monoisotopic (exact) mass is 279 g/mol. The van der Waals surface area contributed by atoms with Crippen molar-refractivity contribution in [1.82, 2.24) is 4.98 Å². The van der Waals surface area contributed by atoms with Gasteiger partial charge in [0.1, 0.15) is 0 Å². The van der Waals surface area contributed by atoms with Crippen molar-refractivity contribution in [3.05, 3.63) is 66.0 Å². The molecule has 21 heavy (non-hydrogen) atoms. The molecule has 106 valence electrons. The Kier molecular flexibility index (Phi) is 3.73. The van der Waals surface area contributed by atoms with E-state index in [1.807, 2.05) is 30.6 Å². The fourth-order valence-corrected chi connectivity index (χ4v) is 2.53. The highest BCUT2D eigenvalue weighted by molar-refractivity contribution is 5.84. The number of nitrogens with zero attached hydrogens (tertiary/aromatic N) is 1. The zero-order valence-corrected chi connectivity index (χ0v) is 12.2. The number of rotatable bonds is 4. The number of aromatic nitrogens is 1. The van der Waals surface area contributed by atoms with Crippen molar-refractivity contribution in [2.24, 2.45) is 0 Å². The maximum Gasteiger partial charge on any atom is 0.160 e. The average molecular weight is 279 g/mol. The Balaban J connectivity index is 1.99. The van der Waals surface area contributed by atoms with E-state index < -0.39 is 0 Å². The molecule has 0 radical (unpaired) electrons. The molecule has 3 heteroatoms. The molecule has 0 aliphatic carbocycles. The van der Waals surface area contributed by atoms with Crippen LogP contribution in [0.15, 0.2) is 54.9 Å². The van der Waals surface area contributed by atoms with E-state index in [2.05, 4.69) is 29.2 Å². The van der Waals surface area contributed by atoms with Crippen molar-refractivity contribution >= 4 is 10.8 Å². The molecule has 0 aliphatic rings. The molecule has 0 aliphatic heterocycles. The molecule has 0 spiro atoms. The summed E-state index contributed by atoms with van der Waals surface area (Å²) >= 11 is 0. The summed E-state index contributed by atoms with van der Waals surface area (Å²) in [6, 6.07) is 14.3. The molecule has 3 nitrogen and oxygen atoms in total. The first-order chi connectivity index (χ1) is 10.3. The molecule has 3 rings (SSSR count). The molecule has 0 unspecified atom stereocenters. The van der Waals surface area contributed by atoms with Gasteiger partial charge in [-0.3, -0.25) is 4.98 Å². The Morgan fingerprint density at radius 2 is 1.71 bits per heavy atom. The molecule has 0 atom stereocenters. The lowest BCUT2D eigenvalue weighted by Gasteiger charge is -2.10. The number of hydrogen-bond acceptors (Lipinski definition) is 3. The van der Waals surface area contributed by atoms with Crippen molar-refractivity contribution < 1.29 is 9.47 Å². The third kappa shape index (κ3) is 2.68. The lowest BCUT2D eigenvalue weighted by Crippen LogP contribution is -1.95. The second kappa shape index (κ2) is 5.83. The van der Waals surface area contributed by atoms with Crippen LogP contribution in [-0.2, 0) is 6.42 Å². The van der Waals surface area contributed by atoms with Crippen LogP contribution in [0, 0.1) is 0 Å². The second-order valence-corrected chi connectivity index (χ2v) is 4.89. The van der Waals surface area contributed by atoms with Gasteiger partial charge in [0.15, 0.2) is 11.5 Å². The number of pyridine rings is 1. The maximum atomic E-state index is 5.36. The topological polar surface area (TPSA) is 31.4 Å². The fourth-order valence-electron chi connectivity index (χ4n) is 2.53. The van der Waals surface area contributed by atoms with E-state index in [1.54, 1.807) is 14.2 Å². The van der Waals surface area contributed by atoms with Gasteiger partial charge >= 0.3 is 0 Å². The van der Waals surface area contributed by atoms with Gasteiger partial charge in [-0.15, -0.1) is 0 Å². The van der Waals surface area contributed by atoms with E-state index in [4.69, 9.17) is 9.47 Å². The van der Waals surface area contributed by atoms with Gasteiger partial charge in [-0.2, -0.15) is 0 Å². The van der Waals surface area contributed by atoms with Crippen LogP contribution in [-0.4, -0.2) is 19.2 Å². The minimum atomic E-state index is 0.747. The Hall–Kier alpha value is -2.55. The normalized spacial score (nSPS) is 10.6. The Bertz CT molecular complexity index is 763. The largest absolute Gasteiger partial charge is 0.493 e. The van der Waals surface area contributed by atoms with Crippen LogP contribution in [0.2, 0.25) is 0 Å². The number of hydrogen-bond donors (Lipinski definition) is 0. The predicted molar refractivity (Wildman–Crippen MR) is 84.1 cm³/mol. The van der Waals surface area contributed by atoms with E-state index in [1.165, 1.54) is 16.5 Å². The molecular formula is C18H17NO2. The molecule has 1 aromatic heterocycles. The van der Waals surface area contributed by atoms with Crippen LogP contribution >= 0.6 is 0 Å². The van der Waals surface area contributed by atoms with Gasteiger partial charge in [-0.25, -0.2) is 0 Å². The molecule has 3 aromatic rings. The molecule has 0 saturated carbocycles. The zero-order valence-electron chi connectivity index (χ0n) is 12.2. The molecule has 1 heterocycles. The smallest absolute Gasteiger partial charge is 0.160 e. The lowest BCUT2D eigenvalue weighted by atomic mass is 10.0. The van der Waals surface area contributed by atoms with Crippen LogP contribution in [0.4, 0.5) is 0 Å². The summed E-state index contributed by atoms with van der Waals surface area (Å²) in [5.41, 5.74) is 2.38. The van der Waals surface area contributed by atoms with Crippen molar-refractivity contribution in [2.45, 2.75) is 6.42 Å². The van der Waals surface area contributed by atoms with Gasteiger partial charge in [0.25, 0.3) is 0 Å². The number of fused-ring (bicyclic) bond motifs is 1. The van der Waals surface area contributed by atoms with E-state index in [0.29, 0.717) is 0 Å². The van der Waals surface area contributed by atoms with Crippen molar-refractivity contribution in [3.63, 3.8) is 0 Å². The van der Waals surface area contributed by atoms with Crippen LogP contribution in [0.1, 0.15) is 11.1 Å². The summed E-state index contributed by atoms with van der Waals surface area (Å²) in [6.07, 6.45) is 4.64. The van der Waals surface area contributed by atoms with Gasteiger partial charge in [-0.1, -0.05) is 30.3 Å². The summed E-state index contributed by atoms with van der Waals surface area (Å²) in [4.78, 5) is 4.33. The van der Waals surface area contributed by atoms with Crippen LogP contribution < -0.4 is 9.47 Å². The zero-order chi connectivity index (χ0) is 14.7. The molecule has 0 N–H and O–H groups in total. The second-order valence-electron chi connectivity index (χ2n) is 4.89. The van der Waals surface area contributed by atoms with Crippen molar-refractivity contribution in [3.8, 4) is 11.5 Å². The van der Waals surface area contributed by atoms with Crippen LogP contribution in [0.3, 0.4) is 0 Å². The maximum absolute atomic E-state index is 5.36. The van der Waals surface area contributed by atoms with Gasteiger partial charge in [0, 0.05) is 17.8 Å². The first-order valence-corrected chi connectivity index (χ1v) is 6.84. The minimum absolute atomic E-state index is 0.747. The SMILES string of the molecule is COc1ccc(Cc2cncc3ccccc23)cc1OC. The fraction of sp³-hybridized carbons (Fsp3) is 0.167. The van der Waals surface area contributed by atoms with E-state index >= 15 is 0 Å². The Morgan fingerprint density at radius 3 is 2.52 bits per heavy atom. The average Bonchev–Trinajstić information content (AvgIpc) is 2.55. The minimum Gasteiger partial charge on any atom is -0.493 e. The third-order valence-electron chi connectivity index (χ3n) is 3.59. The highest BCUT2D eigenvalue weighted by Gasteiger charge is 2.07. The highest BCUT2D eigenvalue weighted by atomic mass is 16.5. The van der Waals surface area contributed by atoms with E-state index in [9.17, 15) is 0 Å². The summed E-state index contributed by atoms with van der Waals surface area (Å²) < 4.78 is 10.6. The molecular weight excluding hydrogens is 262 g/mol. The molecule has 0 amide bonds. The number of methoxy groups -OCH3 is 2. The third-order valence-corrected chi connectivity index (χ3v) is 3.59. The van der Waals surface area contributed by atoms with Gasteiger partial charge in [0.05, 0.1) is 14.2 Å². The van der Waals surface area contributed by atoms with Crippen LogP contribution in [0.25, 0.3) is 10.8 Å². The Labute approximate surface area is 124 Å². The lowest BCUT2D eigenvalue weighted by molar-refractivity contribution is 0.354.